The van der Waals surface area contributed by atoms with Crippen LogP contribution in [0.4, 0.5) is 0 Å². The number of nitrogens with zero attached hydrogens (tertiary/aromatic N) is 2. The van der Waals surface area contributed by atoms with Gasteiger partial charge < -0.3 is 14.4 Å². The summed E-state index contributed by atoms with van der Waals surface area (Å²) in [6.45, 7) is 0.493. The van der Waals surface area contributed by atoms with Crippen LogP contribution in [0.3, 0.4) is 0 Å². The van der Waals surface area contributed by atoms with Crippen LogP contribution < -0.4 is 0 Å². The summed E-state index contributed by atoms with van der Waals surface area (Å²) in [5.41, 5.74) is 2.48. The quantitative estimate of drug-likeness (QED) is 0.728. The fraction of sp³-hybridized carbons (Fsp3) is 0.176. The van der Waals surface area contributed by atoms with Gasteiger partial charge in [0, 0.05) is 13.6 Å². The molecule has 0 unspecified atom stereocenters. The maximum Gasteiger partial charge on any atom is 0.257 e. The second-order valence-corrected chi connectivity index (χ2v) is 6.08. The second-order valence-electron chi connectivity index (χ2n) is 5.15. The van der Waals surface area contributed by atoms with Crippen LogP contribution in [0.25, 0.3) is 11.1 Å². The van der Waals surface area contributed by atoms with Gasteiger partial charge in [-0.3, -0.25) is 4.79 Å². The predicted octanol–water partition coefficient (Wildman–Crippen LogP) is 3.28. The second kappa shape index (κ2) is 6.75. The van der Waals surface area contributed by atoms with E-state index in [0.29, 0.717) is 11.8 Å². The average molecular weight is 328 g/mol. The summed E-state index contributed by atoms with van der Waals surface area (Å²) < 4.78 is 5.58. The van der Waals surface area contributed by atoms with Crippen molar-refractivity contribution in [2.24, 2.45) is 0 Å². The lowest BCUT2D eigenvalue weighted by molar-refractivity contribution is -0.127. The van der Waals surface area contributed by atoms with Gasteiger partial charge in [-0.1, -0.05) is 36.0 Å². The van der Waals surface area contributed by atoms with Crippen LogP contribution in [0.5, 0.6) is 5.75 Å². The SMILES string of the molecule is CN(Cc1ccc(O)cc1)C(=O)CSc1nc2ccccc2o1. The van der Waals surface area contributed by atoms with E-state index in [0.717, 1.165) is 16.7 Å². The maximum absolute atomic E-state index is 12.2. The number of carbonyl (C=O) groups excluding carboxylic acids is 1. The van der Waals surface area contributed by atoms with Gasteiger partial charge in [-0.25, -0.2) is 4.98 Å². The number of rotatable bonds is 5. The molecule has 5 nitrogen and oxygen atoms in total. The molecule has 2 aromatic carbocycles. The summed E-state index contributed by atoms with van der Waals surface area (Å²) in [5.74, 6) is 0.473. The summed E-state index contributed by atoms with van der Waals surface area (Å²) in [6, 6.07) is 14.3. The molecule has 118 valence electrons. The number of hydrogen-bond donors (Lipinski definition) is 1. The van der Waals surface area contributed by atoms with Gasteiger partial charge in [-0.15, -0.1) is 0 Å². The molecular formula is C17H16N2O3S. The number of hydrogen-bond acceptors (Lipinski definition) is 5. The first-order valence-electron chi connectivity index (χ1n) is 7.12. The van der Waals surface area contributed by atoms with Crippen molar-refractivity contribution in [2.45, 2.75) is 11.8 Å². The number of para-hydroxylation sites is 2. The summed E-state index contributed by atoms with van der Waals surface area (Å²) in [4.78, 5) is 18.2. The standard InChI is InChI=1S/C17H16N2O3S/c1-19(10-12-6-8-13(20)9-7-12)16(21)11-23-17-18-14-4-2-3-5-15(14)22-17/h2-9,20H,10-11H2,1H3. The summed E-state index contributed by atoms with van der Waals surface area (Å²) in [7, 11) is 1.75. The van der Waals surface area contributed by atoms with Crippen molar-refractivity contribution >= 4 is 28.8 Å². The number of aromatic nitrogens is 1. The Hall–Kier alpha value is -2.47. The van der Waals surface area contributed by atoms with Gasteiger partial charge in [-0.05, 0) is 29.8 Å². The molecule has 0 aliphatic heterocycles. The first-order chi connectivity index (χ1) is 11.1. The Morgan fingerprint density at radius 1 is 1.22 bits per heavy atom. The molecule has 1 N–H and O–H groups in total. The zero-order valence-corrected chi connectivity index (χ0v) is 13.4. The van der Waals surface area contributed by atoms with E-state index in [2.05, 4.69) is 4.98 Å². The Morgan fingerprint density at radius 3 is 2.70 bits per heavy atom. The highest BCUT2D eigenvalue weighted by Crippen LogP contribution is 2.23. The monoisotopic (exact) mass is 328 g/mol. The zero-order chi connectivity index (χ0) is 16.2. The summed E-state index contributed by atoms with van der Waals surface area (Å²) in [6.07, 6.45) is 0. The van der Waals surface area contributed by atoms with Gasteiger partial charge in [-0.2, -0.15) is 0 Å². The van der Waals surface area contributed by atoms with Crippen molar-refractivity contribution in [3.63, 3.8) is 0 Å². The number of amides is 1. The third-order valence-electron chi connectivity index (χ3n) is 3.38. The largest absolute Gasteiger partial charge is 0.508 e. The zero-order valence-electron chi connectivity index (χ0n) is 12.6. The van der Waals surface area contributed by atoms with Gasteiger partial charge in [0.2, 0.25) is 5.91 Å². The summed E-state index contributed by atoms with van der Waals surface area (Å²) >= 11 is 1.29. The third kappa shape index (κ3) is 3.84. The molecule has 0 radical (unpaired) electrons. The Balaban J connectivity index is 1.56. The maximum atomic E-state index is 12.2. The van der Waals surface area contributed by atoms with Crippen LogP contribution in [0.2, 0.25) is 0 Å². The van der Waals surface area contributed by atoms with Gasteiger partial charge in [0.05, 0.1) is 5.75 Å². The molecule has 3 rings (SSSR count). The van der Waals surface area contributed by atoms with Crippen molar-refractivity contribution in [3.05, 3.63) is 54.1 Å². The Morgan fingerprint density at radius 2 is 1.96 bits per heavy atom. The predicted molar refractivity (Wildman–Crippen MR) is 89.3 cm³/mol. The fourth-order valence-electron chi connectivity index (χ4n) is 2.11. The smallest absolute Gasteiger partial charge is 0.257 e. The van der Waals surface area contributed by atoms with Crippen molar-refractivity contribution in [1.29, 1.82) is 0 Å². The lowest BCUT2D eigenvalue weighted by Crippen LogP contribution is -2.27. The molecule has 0 bridgehead atoms. The van der Waals surface area contributed by atoms with Crippen LogP contribution in [-0.2, 0) is 11.3 Å². The molecule has 0 atom stereocenters. The van der Waals surface area contributed by atoms with Crippen LogP contribution in [0.15, 0.2) is 58.2 Å². The topological polar surface area (TPSA) is 66.6 Å². The van der Waals surface area contributed by atoms with E-state index < -0.39 is 0 Å². The number of phenolic OH excluding ortho intramolecular Hbond substituents is 1. The molecule has 1 amide bonds. The average Bonchev–Trinajstić information content (AvgIpc) is 2.97. The molecule has 0 spiro atoms. The Labute approximate surface area is 137 Å². The highest BCUT2D eigenvalue weighted by atomic mass is 32.2. The number of oxazole rings is 1. The van der Waals surface area contributed by atoms with Gasteiger partial charge in [0.25, 0.3) is 5.22 Å². The number of carbonyl (C=O) groups is 1. The number of benzene rings is 2. The lowest BCUT2D eigenvalue weighted by Gasteiger charge is -2.16. The van der Waals surface area contributed by atoms with E-state index in [1.54, 1.807) is 36.2 Å². The van der Waals surface area contributed by atoms with Crippen molar-refractivity contribution in [2.75, 3.05) is 12.8 Å². The molecule has 1 heterocycles. The van der Waals surface area contributed by atoms with Crippen molar-refractivity contribution < 1.29 is 14.3 Å². The Kier molecular flexibility index (Phi) is 4.52. The van der Waals surface area contributed by atoms with Gasteiger partial charge >= 0.3 is 0 Å². The number of phenols is 1. The number of thioether (sulfide) groups is 1. The molecule has 0 aliphatic rings. The van der Waals surface area contributed by atoms with Crippen LogP contribution >= 0.6 is 11.8 Å². The van der Waals surface area contributed by atoms with E-state index in [4.69, 9.17) is 4.42 Å². The first kappa shape index (κ1) is 15.4. The molecule has 0 aliphatic carbocycles. The van der Waals surface area contributed by atoms with Crippen LogP contribution in [-0.4, -0.2) is 33.7 Å². The van der Waals surface area contributed by atoms with Crippen LogP contribution in [0.1, 0.15) is 5.56 Å². The van der Waals surface area contributed by atoms with Gasteiger partial charge in [0.15, 0.2) is 5.58 Å². The molecule has 0 saturated heterocycles. The minimum absolute atomic E-state index is 0.00895. The molecule has 0 saturated carbocycles. The molecule has 0 fully saturated rings. The number of aromatic hydroxyl groups is 1. The third-order valence-corrected chi connectivity index (χ3v) is 4.19. The minimum atomic E-state index is -0.00895. The first-order valence-corrected chi connectivity index (χ1v) is 8.10. The molecule has 23 heavy (non-hydrogen) atoms. The van der Waals surface area contributed by atoms with E-state index >= 15 is 0 Å². The highest BCUT2D eigenvalue weighted by Gasteiger charge is 2.13. The van der Waals surface area contributed by atoms with Crippen molar-refractivity contribution in [1.82, 2.24) is 9.88 Å². The van der Waals surface area contributed by atoms with E-state index in [1.807, 2.05) is 24.3 Å². The van der Waals surface area contributed by atoms with Crippen LogP contribution in [0, 0.1) is 0 Å². The van der Waals surface area contributed by atoms with E-state index in [-0.39, 0.29) is 17.4 Å². The normalized spacial score (nSPS) is 10.8. The minimum Gasteiger partial charge on any atom is -0.508 e. The fourth-order valence-corrected chi connectivity index (χ4v) is 2.89. The van der Waals surface area contributed by atoms with Crippen molar-refractivity contribution in [3.8, 4) is 5.75 Å². The molecule has 1 aromatic heterocycles. The highest BCUT2D eigenvalue weighted by molar-refractivity contribution is 7.99. The summed E-state index contributed by atoms with van der Waals surface area (Å²) in [5, 5.41) is 9.77. The molecular weight excluding hydrogens is 312 g/mol. The van der Waals surface area contributed by atoms with Gasteiger partial charge in [0.1, 0.15) is 11.3 Å². The lowest BCUT2D eigenvalue weighted by atomic mass is 10.2. The molecule has 6 heteroatoms. The number of fused-ring (bicyclic) bond motifs is 1. The van der Waals surface area contributed by atoms with E-state index in [1.165, 1.54) is 11.8 Å². The van der Waals surface area contributed by atoms with E-state index in [9.17, 15) is 9.90 Å². The Bertz CT molecular complexity index is 781. The molecule has 3 aromatic rings.